The van der Waals surface area contributed by atoms with Crippen LogP contribution in [-0.4, -0.2) is 4.57 Å². The molecule has 102 valence electrons. The maximum Gasteiger partial charge on any atom is 0.123 e. The van der Waals surface area contributed by atoms with Crippen LogP contribution in [0.15, 0.2) is 66.7 Å². The monoisotopic (exact) mass is 275 g/mol. The Morgan fingerprint density at radius 3 is 2.29 bits per heavy atom. The number of fused-ring (bicyclic) bond motifs is 3. The third kappa shape index (κ3) is 1.83. The van der Waals surface area contributed by atoms with Gasteiger partial charge in [0.25, 0.3) is 0 Å². The van der Waals surface area contributed by atoms with Crippen molar-refractivity contribution >= 4 is 21.8 Å². The van der Waals surface area contributed by atoms with Crippen molar-refractivity contribution in [1.82, 2.24) is 4.57 Å². The first-order valence-electron chi connectivity index (χ1n) is 7.00. The Balaban J connectivity index is 2.17. The van der Waals surface area contributed by atoms with E-state index in [1.165, 1.54) is 11.6 Å². The zero-order valence-corrected chi connectivity index (χ0v) is 11.7. The highest BCUT2D eigenvalue weighted by atomic mass is 19.1. The predicted molar refractivity (Wildman–Crippen MR) is 85.5 cm³/mol. The van der Waals surface area contributed by atoms with Crippen molar-refractivity contribution in [2.24, 2.45) is 0 Å². The van der Waals surface area contributed by atoms with Gasteiger partial charge in [-0.15, -0.1) is 0 Å². The number of hydrogen-bond acceptors (Lipinski definition) is 0. The third-order valence-corrected chi connectivity index (χ3v) is 3.93. The summed E-state index contributed by atoms with van der Waals surface area (Å²) in [5, 5.41) is 2.03. The molecule has 3 aromatic carbocycles. The summed E-state index contributed by atoms with van der Waals surface area (Å²) in [7, 11) is 0. The number of nitrogens with zero attached hydrogens (tertiary/aromatic N) is 1. The van der Waals surface area contributed by atoms with E-state index in [1.807, 2.05) is 24.3 Å². The lowest BCUT2D eigenvalue weighted by Gasteiger charge is -2.08. The summed E-state index contributed by atoms with van der Waals surface area (Å²) in [5.41, 5.74) is 4.45. The molecule has 2 heteroatoms. The van der Waals surface area contributed by atoms with Gasteiger partial charge >= 0.3 is 0 Å². The van der Waals surface area contributed by atoms with Crippen molar-refractivity contribution in [3.8, 4) is 5.69 Å². The quantitative estimate of drug-likeness (QED) is 0.448. The van der Waals surface area contributed by atoms with Crippen molar-refractivity contribution in [3.63, 3.8) is 0 Å². The summed E-state index contributed by atoms with van der Waals surface area (Å²) in [6.07, 6.45) is 0. The van der Waals surface area contributed by atoms with Crippen molar-refractivity contribution in [3.05, 3.63) is 78.1 Å². The largest absolute Gasteiger partial charge is 0.309 e. The van der Waals surface area contributed by atoms with Gasteiger partial charge in [-0.3, -0.25) is 0 Å². The minimum atomic E-state index is -0.200. The predicted octanol–water partition coefficient (Wildman–Crippen LogP) is 5.23. The molecular weight excluding hydrogens is 261 g/mol. The number of halogens is 1. The van der Waals surface area contributed by atoms with Crippen LogP contribution in [0.2, 0.25) is 0 Å². The molecule has 4 aromatic rings. The molecule has 0 radical (unpaired) electrons. The Labute approximate surface area is 122 Å². The van der Waals surface area contributed by atoms with Gasteiger partial charge in [0.1, 0.15) is 5.82 Å². The number of aryl methyl sites for hydroxylation is 1. The first kappa shape index (κ1) is 12.2. The van der Waals surface area contributed by atoms with E-state index in [1.54, 1.807) is 6.07 Å². The van der Waals surface area contributed by atoms with E-state index < -0.39 is 0 Å². The second-order valence-electron chi connectivity index (χ2n) is 5.35. The average Bonchev–Trinajstić information content (AvgIpc) is 2.82. The summed E-state index contributed by atoms with van der Waals surface area (Å²) in [6, 6.07) is 21.5. The highest BCUT2D eigenvalue weighted by Gasteiger charge is 2.12. The molecule has 1 heterocycles. The fourth-order valence-electron chi connectivity index (χ4n) is 2.92. The van der Waals surface area contributed by atoms with Gasteiger partial charge in [-0.2, -0.15) is 0 Å². The van der Waals surface area contributed by atoms with Gasteiger partial charge in [-0.1, -0.05) is 35.9 Å². The Morgan fingerprint density at radius 1 is 0.762 bits per heavy atom. The fraction of sp³-hybridized carbons (Fsp3) is 0.0526. The molecule has 0 saturated heterocycles. The van der Waals surface area contributed by atoms with Gasteiger partial charge in [-0.05, 0) is 43.3 Å². The van der Waals surface area contributed by atoms with E-state index in [4.69, 9.17) is 0 Å². The first-order chi connectivity index (χ1) is 10.2. The summed E-state index contributed by atoms with van der Waals surface area (Å²) >= 11 is 0. The number of para-hydroxylation sites is 1. The Kier molecular flexibility index (Phi) is 2.58. The molecule has 0 aliphatic rings. The second-order valence-corrected chi connectivity index (χ2v) is 5.35. The molecular formula is C19H14FN. The smallest absolute Gasteiger partial charge is 0.123 e. The van der Waals surface area contributed by atoms with Gasteiger partial charge < -0.3 is 4.57 Å². The van der Waals surface area contributed by atoms with Gasteiger partial charge in [0.15, 0.2) is 0 Å². The zero-order chi connectivity index (χ0) is 14.4. The summed E-state index contributed by atoms with van der Waals surface area (Å²) in [5.74, 6) is -0.200. The maximum absolute atomic E-state index is 13.6. The van der Waals surface area contributed by atoms with Crippen LogP contribution in [0, 0.1) is 12.7 Å². The average molecular weight is 275 g/mol. The van der Waals surface area contributed by atoms with Crippen LogP contribution in [0.4, 0.5) is 4.39 Å². The Morgan fingerprint density at radius 2 is 1.48 bits per heavy atom. The molecule has 0 atom stereocenters. The minimum absolute atomic E-state index is 0.200. The van der Waals surface area contributed by atoms with Gasteiger partial charge in [0.2, 0.25) is 0 Å². The van der Waals surface area contributed by atoms with Crippen LogP contribution in [0.5, 0.6) is 0 Å². The molecule has 0 fully saturated rings. The number of hydrogen-bond donors (Lipinski definition) is 0. The molecule has 21 heavy (non-hydrogen) atoms. The van der Waals surface area contributed by atoms with Crippen LogP contribution in [0.3, 0.4) is 0 Å². The second kappa shape index (κ2) is 4.45. The first-order valence-corrected chi connectivity index (χ1v) is 7.00. The SMILES string of the molecule is Cc1ccc(-n2c3ccccc3c3cc(F)ccc32)cc1. The normalized spacial score (nSPS) is 11.3. The van der Waals surface area contributed by atoms with Crippen molar-refractivity contribution in [2.75, 3.05) is 0 Å². The maximum atomic E-state index is 13.6. The lowest BCUT2D eigenvalue weighted by Crippen LogP contribution is -1.93. The van der Waals surface area contributed by atoms with Crippen LogP contribution in [0.1, 0.15) is 5.56 Å². The number of benzene rings is 3. The van der Waals surface area contributed by atoms with Crippen molar-refractivity contribution in [2.45, 2.75) is 6.92 Å². The van der Waals surface area contributed by atoms with E-state index in [0.717, 1.165) is 27.5 Å². The molecule has 1 nitrogen and oxygen atoms in total. The van der Waals surface area contributed by atoms with Gasteiger partial charge in [-0.25, -0.2) is 4.39 Å². The summed E-state index contributed by atoms with van der Waals surface area (Å²) in [4.78, 5) is 0. The third-order valence-electron chi connectivity index (χ3n) is 3.93. The van der Waals surface area contributed by atoms with Crippen molar-refractivity contribution < 1.29 is 4.39 Å². The van der Waals surface area contributed by atoms with Crippen LogP contribution < -0.4 is 0 Å². The lowest BCUT2D eigenvalue weighted by atomic mass is 10.1. The van der Waals surface area contributed by atoms with E-state index in [0.29, 0.717) is 0 Å². The van der Waals surface area contributed by atoms with Crippen molar-refractivity contribution in [1.29, 1.82) is 0 Å². The minimum Gasteiger partial charge on any atom is -0.309 e. The molecule has 1 aromatic heterocycles. The van der Waals surface area contributed by atoms with Crippen LogP contribution >= 0.6 is 0 Å². The number of aromatic nitrogens is 1. The lowest BCUT2D eigenvalue weighted by molar-refractivity contribution is 0.629. The number of rotatable bonds is 1. The van der Waals surface area contributed by atoms with E-state index in [9.17, 15) is 4.39 Å². The fourth-order valence-corrected chi connectivity index (χ4v) is 2.92. The van der Waals surface area contributed by atoms with E-state index in [2.05, 4.69) is 41.8 Å². The van der Waals surface area contributed by atoms with Gasteiger partial charge in [0.05, 0.1) is 11.0 Å². The Bertz CT molecular complexity index is 949. The topological polar surface area (TPSA) is 4.93 Å². The molecule has 0 aliphatic heterocycles. The van der Waals surface area contributed by atoms with Crippen LogP contribution in [-0.2, 0) is 0 Å². The zero-order valence-electron chi connectivity index (χ0n) is 11.7. The van der Waals surface area contributed by atoms with E-state index in [-0.39, 0.29) is 5.82 Å². The highest BCUT2D eigenvalue weighted by Crippen LogP contribution is 2.32. The Hall–Kier alpha value is -2.61. The molecule has 0 saturated carbocycles. The molecule has 0 bridgehead atoms. The summed E-state index contributed by atoms with van der Waals surface area (Å²) in [6.45, 7) is 2.07. The molecule has 0 unspecified atom stereocenters. The summed E-state index contributed by atoms with van der Waals surface area (Å²) < 4.78 is 15.8. The molecule has 0 N–H and O–H groups in total. The van der Waals surface area contributed by atoms with E-state index >= 15 is 0 Å². The molecule has 4 rings (SSSR count). The highest BCUT2D eigenvalue weighted by molar-refractivity contribution is 6.09. The van der Waals surface area contributed by atoms with Gasteiger partial charge in [0, 0.05) is 16.5 Å². The molecule has 0 spiro atoms. The van der Waals surface area contributed by atoms with Crippen LogP contribution in [0.25, 0.3) is 27.5 Å². The standard InChI is InChI=1S/C19H14FN/c1-13-6-9-15(10-7-13)21-18-5-3-2-4-16(18)17-12-14(20)8-11-19(17)21/h2-12H,1H3. The molecule has 0 amide bonds. The molecule has 0 aliphatic carbocycles.